The Morgan fingerprint density at radius 1 is 0.842 bits per heavy atom. The van der Waals surface area contributed by atoms with Crippen molar-refractivity contribution in [3.8, 4) is 0 Å². The number of halogens is 3. The van der Waals surface area contributed by atoms with Crippen molar-refractivity contribution in [1.29, 1.82) is 0 Å². The smallest absolute Gasteiger partial charge is 0.166 e. The Kier molecular flexibility index (Phi) is 4.05. The number of hydrogen-bond acceptors (Lipinski definition) is 0. The van der Waals surface area contributed by atoms with Gasteiger partial charge in [0.25, 0.3) is 0 Å². The van der Waals surface area contributed by atoms with Crippen molar-refractivity contribution in [3.63, 3.8) is 0 Å². The van der Waals surface area contributed by atoms with Crippen molar-refractivity contribution < 1.29 is 13.2 Å². The number of hydrogen-bond donors (Lipinski definition) is 0. The fourth-order valence-corrected chi connectivity index (χ4v) is 1.85. The van der Waals surface area contributed by atoms with Gasteiger partial charge in [0, 0.05) is 0 Å². The molecule has 0 spiro atoms. The summed E-state index contributed by atoms with van der Waals surface area (Å²) in [6.07, 6.45) is -2.83. The number of rotatable bonds is 3. The molecular formula is C16H13F3. The van der Waals surface area contributed by atoms with Crippen molar-refractivity contribution in [2.24, 2.45) is 0 Å². The maximum absolute atomic E-state index is 13.0. The van der Waals surface area contributed by atoms with Gasteiger partial charge in [-0.05, 0) is 17.5 Å². The summed E-state index contributed by atoms with van der Waals surface area (Å²) in [7, 11) is 0. The molecule has 0 bridgehead atoms. The fourth-order valence-electron chi connectivity index (χ4n) is 1.85. The van der Waals surface area contributed by atoms with Gasteiger partial charge in [0.2, 0.25) is 0 Å². The van der Waals surface area contributed by atoms with E-state index in [1.165, 1.54) is 18.2 Å². The molecule has 2 rings (SSSR count). The van der Waals surface area contributed by atoms with E-state index in [1.54, 1.807) is 18.2 Å². The van der Waals surface area contributed by atoms with E-state index in [2.05, 4.69) is 0 Å². The number of alkyl halides is 3. The minimum Gasteiger partial charge on any atom is -0.166 e. The molecule has 2 aromatic rings. The lowest BCUT2D eigenvalue weighted by atomic mass is 10.0. The van der Waals surface area contributed by atoms with Crippen LogP contribution in [-0.2, 0) is 6.42 Å². The lowest BCUT2D eigenvalue weighted by Crippen LogP contribution is -2.11. The molecule has 0 unspecified atom stereocenters. The third kappa shape index (κ3) is 3.71. The molecule has 2 aromatic carbocycles. The lowest BCUT2D eigenvalue weighted by molar-refractivity contribution is -0.0690. The molecule has 0 aliphatic carbocycles. The first-order valence-corrected chi connectivity index (χ1v) is 5.94. The minimum absolute atomic E-state index is 0.200. The second kappa shape index (κ2) is 5.74. The molecule has 0 amide bonds. The highest BCUT2D eigenvalue weighted by Gasteiger charge is 2.34. The summed E-state index contributed by atoms with van der Waals surface area (Å²) in [5.41, 5.74) is 0.475. The topological polar surface area (TPSA) is 0 Å². The van der Waals surface area contributed by atoms with Gasteiger partial charge in [-0.1, -0.05) is 66.7 Å². The van der Waals surface area contributed by atoms with Gasteiger partial charge < -0.3 is 0 Å². The van der Waals surface area contributed by atoms with E-state index >= 15 is 0 Å². The number of benzene rings is 2. The van der Waals surface area contributed by atoms with Crippen molar-refractivity contribution in [2.45, 2.75) is 12.6 Å². The van der Waals surface area contributed by atoms with Gasteiger partial charge in [-0.3, -0.25) is 0 Å². The van der Waals surface area contributed by atoms with Crippen LogP contribution in [0.25, 0.3) is 5.57 Å². The van der Waals surface area contributed by atoms with Crippen molar-refractivity contribution in [1.82, 2.24) is 0 Å². The molecule has 3 heteroatoms. The highest BCUT2D eigenvalue weighted by atomic mass is 19.4. The Labute approximate surface area is 110 Å². The summed E-state index contributed by atoms with van der Waals surface area (Å²) in [6.45, 7) is 0. The van der Waals surface area contributed by atoms with Gasteiger partial charge in [-0.25, -0.2) is 0 Å². The van der Waals surface area contributed by atoms with Crippen LogP contribution in [0.15, 0.2) is 66.7 Å². The van der Waals surface area contributed by atoms with E-state index in [0.717, 1.165) is 5.56 Å². The van der Waals surface area contributed by atoms with Crippen LogP contribution in [-0.4, -0.2) is 6.18 Å². The zero-order chi connectivity index (χ0) is 13.7. The summed E-state index contributed by atoms with van der Waals surface area (Å²) < 4.78 is 39.1. The molecule has 98 valence electrons. The molecule has 0 fully saturated rings. The molecule has 0 radical (unpaired) electrons. The molecule has 0 aliphatic heterocycles. The van der Waals surface area contributed by atoms with E-state index in [1.807, 2.05) is 30.3 Å². The quantitative estimate of drug-likeness (QED) is 0.740. The van der Waals surface area contributed by atoms with Crippen molar-refractivity contribution in [2.75, 3.05) is 0 Å². The third-order valence-corrected chi connectivity index (χ3v) is 2.77. The highest BCUT2D eigenvalue weighted by Crippen LogP contribution is 2.33. The second-order valence-electron chi connectivity index (χ2n) is 4.17. The van der Waals surface area contributed by atoms with Crippen molar-refractivity contribution in [3.05, 3.63) is 77.9 Å². The normalized spacial score (nSPS) is 12.5. The maximum Gasteiger partial charge on any atom is 0.416 e. The first-order valence-electron chi connectivity index (χ1n) is 5.94. The van der Waals surface area contributed by atoms with Crippen LogP contribution in [0.2, 0.25) is 0 Å². The zero-order valence-corrected chi connectivity index (χ0v) is 10.2. The second-order valence-corrected chi connectivity index (χ2v) is 4.17. The Morgan fingerprint density at radius 3 is 1.89 bits per heavy atom. The Hall–Kier alpha value is -2.03. The molecule has 0 aromatic heterocycles. The Bertz CT molecular complexity index is 539. The summed E-state index contributed by atoms with van der Waals surface area (Å²) in [5, 5.41) is 0. The predicted octanol–water partition coefficient (Wildman–Crippen LogP) is 4.88. The summed E-state index contributed by atoms with van der Waals surface area (Å²) in [4.78, 5) is 0. The van der Waals surface area contributed by atoms with Crippen LogP contribution in [0.5, 0.6) is 0 Å². The van der Waals surface area contributed by atoms with E-state index in [9.17, 15) is 13.2 Å². The summed E-state index contributed by atoms with van der Waals surface area (Å²) in [6, 6.07) is 17.0. The van der Waals surface area contributed by atoms with Gasteiger partial charge in [0.15, 0.2) is 0 Å². The monoisotopic (exact) mass is 262 g/mol. The lowest BCUT2D eigenvalue weighted by Gasteiger charge is -2.12. The Balaban J connectivity index is 2.29. The van der Waals surface area contributed by atoms with Crippen LogP contribution < -0.4 is 0 Å². The molecule has 0 saturated carbocycles. The van der Waals surface area contributed by atoms with Gasteiger partial charge in [0.1, 0.15) is 0 Å². The van der Waals surface area contributed by atoms with Crippen LogP contribution in [0.4, 0.5) is 13.2 Å². The predicted molar refractivity (Wildman–Crippen MR) is 70.6 cm³/mol. The van der Waals surface area contributed by atoms with Crippen LogP contribution in [0.1, 0.15) is 11.1 Å². The van der Waals surface area contributed by atoms with E-state index in [-0.39, 0.29) is 12.0 Å². The van der Waals surface area contributed by atoms with Gasteiger partial charge >= 0.3 is 6.18 Å². The van der Waals surface area contributed by atoms with Gasteiger partial charge in [-0.2, -0.15) is 13.2 Å². The molecule has 0 nitrogen and oxygen atoms in total. The van der Waals surface area contributed by atoms with E-state index in [0.29, 0.717) is 0 Å². The summed E-state index contributed by atoms with van der Waals surface area (Å²) in [5.74, 6) is 0. The first-order chi connectivity index (χ1) is 9.07. The van der Waals surface area contributed by atoms with Gasteiger partial charge in [0.05, 0.1) is 5.57 Å². The third-order valence-electron chi connectivity index (χ3n) is 2.77. The van der Waals surface area contributed by atoms with Crippen LogP contribution in [0, 0.1) is 0 Å². The molecule has 0 aliphatic rings. The SMILES string of the molecule is FC(F)(F)/C(=C/Cc1ccccc1)c1ccccc1. The molecule has 19 heavy (non-hydrogen) atoms. The highest BCUT2D eigenvalue weighted by molar-refractivity contribution is 5.69. The first kappa shape index (κ1) is 13.4. The molecule has 0 atom stereocenters. The largest absolute Gasteiger partial charge is 0.416 e. The number of allylic oxidation sites excluding steroid dienone is 2. The van der Waals surface area contributed by atoms with E-state index in [4.69, 9.17) is 0 Å². The summed E-state index contributed by atoms with van der Waals surface area (Å²) >= 11 is 0. The molecule has 0 N–H and O–H groups in total. The Morgan fingerprint density at radius 2 is 1.37 bits per heavy atom. The fraction of sp³-hybridized carbons (Fsp3) is 0.125. The minimum atomic E-state index is -4.34. The average molecular weight is 262 g/mol. The van der Waals surface area contributed by atoms with E-state index < -0.39 is 11.7 Å². The standard InChI is InChI=1S/C16H13F3/c17-16(18,19)15(14-9-5-2-6-10-14)12-11-13-7-3-1-4-8-13/h1-10,12H,11H2/b15-12+. The van der Waals surface area contributed by atoms with Gasteiger partial charge in [-0.15, -0.1) is 0 Å². The molecule has 0 heterocycles. The van der Waals surface area contributed by atoms with Crippen molar-refractivity contribution >= 4 is 5.57 Å². The average Bonchev–Trinajstić information content (AvgIpc) is 2.40. The maximum atomic E-state index is 13.0. The molecule has 0 saturated heterocycles. The molecular weight excluding hydrogens is 249 g/mol. The van der Waals surface area contributed by atoms with Crippen LogP contribution in [0.3, 0.4) is 0 Å². The van der Waals surface area contributed by atoms with Crippen LogP contribution >= 0.6 is 0 Å². The zero-order valence-electron chi connectivity index (χ0n) is 10.2.